The van der Waals surface area contributed by atoms with E-state index in [9.17, 15) is 0 Å². The summed E-state index contributed by atoms with van der Waals surface area (Å²) in [6.45, 7) is 1.98. The molecule has 1 heterocycles. The number of aromatic nitrogens is 2. The number of nitrogens with one attached hydrogen (secondary N) is 1. The van der Waals surface area contributed by atoms with E-state index in [1.165, 1.54) is 0 Å². The first-order valence-corrected chi connectivity index (χ1v) is 6.06. The van der Waals surface area contributed by atoms with Crippen molar-refractivity contribution in [3.8, 4) is 6.07 Å². The van der Waals surface area contributed by atoms with Gasteiger partial charge in [-0.1, -0.05) is 18.2 Å². The van der Waals surface area contributed by atoms with Gasteiger partial charge >= 0.3 is 0 Å². The highest BCUT2D eigenvalue weighted by atomic mass is 16.5. The molecular weight excluding hydrogens is 240 g/mol. The van der Waals surface area contributed by atoms with Crippen molar-refractivity contribution >= 4 is 5.69 Å². The van der Waals surface area contributed by atoms with Gasteiger partial charge in [0.05, 0.1) is 36.7 Å². The maximum absolute atomic E-state index is 9.01. The molecule has 0 saturated carbocycles. The molecule has 1 aromatic carbocycles. The molecule has 98 valence electrons. The summed E-state index contributed by atoms with van der Waals surface area (Å²) in [6, 6.07) is 9.75. The highest BCUT2D eigenvalue weighted by Gasteiger charge is 2.02. The van der Waals surface area contributed by atoms with Crippen LogP contribution in [0.25, 0.3) is 0 Å². The van der Waals surface area contributed by atoms with Crippen LogP contribution in [0.3, 0.4) is 0 Å². The van der Waals surface area contributed by atoms with Crippen LogP contribution in [-0.4, -0.2) is 23.5 Å². The van der Waals surface area contributed by atoms with Crippen LogP contribution < -0.4 is 5.32 Å². The number of hydrogen-bond acceptors (Lipinski definition) is 4. The van der Waals surface area contributed by atoms with Gasteiger partial charge in [-0.25, -0.2) is 0 Å². The molecular formula is C14H16N4O. The van der Waals surface area contributed by atoms with Gasteiger partial charge in [0.15, 0.2) is 0 Å². The number of anilines is 1. The molecule has 0 radical (unpaired) electrons. The lowest BCUT2D eigenvalue weighted by Crippen LogP contribution is -2.04. The van der Waals surface area contributed by atoms with Crippen LogP contribution in [0.5, 0.6) is 0 Å². The Morgan fingerprint density at radius 2 is 2.26 bits per heavy atom. The molecule has 2 aromatic rings. The Morgan fingerprint density at radius 3 is 3.05 bits per heavy atom. The van der Waals surface area contributed by atoms with Crippen molar-refractivity contribution in [3.05, 3.63) is 47.8 Å². The van der Waals surface area contributed by atoms with E-state index in [0.29, 0.717) is 18.7 Å². The minimum absolute atomic E-state index is 0.611. The molecule has 0 spiro atoms. The number of methoxy groups -OCH3 is 1. The van der Waals surface area contributed by atoms with Crippen LogP contribution in [-0.2, 0) is 17.8 Å². The minimum Gasteiger partial charge on any atom is -0.383 e. The predicted molar refractivity (Wildman–Crippen MR) is 72.6 cm³/mol. The molecule has 0 fully saturated rings. The SMILES string of the molecule is COCCn1cc(NCc2ccccc2C#N)cn1. The predicted octanol–water partition coefficient (Wildman–Crippen LogP) is 2.01. The van der Waals surface area contributed by atoms with E-state index in [1.807, 2.05) is 35.1 Å². The summed E-state index contributed by atoms with van der Waals surface area (Å²) < 4.78 is 6.82. The van der Waals surface area contributed by atoms with E-state index in [0.717, 1.165) is 17.8 Å². The maximum atomic E-state index is 9.01. The summed E-state index contributed by atoms with van der Waals surface area (Å²) in [5, 5.41) is 16.5. The third-order valence-corrected chi connectivity index (χ3v) is 2.78. The van der Waals surface area contributed by atoms with E-state index in [2.05, 4.69) is 16.5 Å². The van der Waals surface area contributed by atoms with E-state index in [1.54, 1.807) is 13.3 Å². The van der Waals surface area contributed by atoms with E-state index in [4.69, 9.17) is 10.00 Å². The highest BCUT2D eigenvalue weighted by molar-refractivity contribution is 5.43. The Kier molecular flexibility index (Phi) is 4.54. The van der Waals surface area contributed by atoms with Crippen molar-refractivity contribution in [1.29, 1.82) is 5.26 Å². The average Bonchev–Trinajstić information content (AvgIpc) is 2.91. The van der Waals surface area contributed by atoms with Crippen molar-refractivity contribution < 1.29 is 4.74 Å². The number of ether oxygens (including phenoxy) is 1. The summed E-state index contributed by atoms with van der Waals surface area (Å²) in [7, 11) is 1.67. The second-order valence-corrected chi connectivity index (χ2v) is 4.11. The molecule has 2 rings (SSSR count). The summed E-state index contributed by atoms with van der Waals surface area (Å²) in [6.07, 6.45) is 3.69. The molecule has 19 heavy (non-hydrogen) atoms. The maximum Gasteiger partial charge on any atom is 0.0995 e. The van der Waals surface area contributed by atoms with Gasteiger partial charge in [0.25, 0.3) is 0 Å². The molecule has 5 heteroatoms. The van der Waals surface area contributed by atoms with Crippen molar-refractivity contribution in [1.82, 2.24) is 9.78 Å². The lowest BCUT2D eigenvalue weighted by atomic mass is 10.1. The Hall–Kier alpha value is -2.32. The monoisotopic (exact) mass is 256 g/mol. The number of rotatable bonds is 6. The molecule has 1 N–H and O–H groups in total. The van der Waals surface area contributed by atoms with Crippen molar-refractivity contribution in [2.24, 2.45) is 0 Å². The number of hydrogen-bond donors (Lipinski definition) is 1. The third kappa shape index (κ3) is 3.57. The lowest BCUT2D eigenvalue weighted by molar-refractivity contribution is 0.183. The Balaban J connectivity index is 1.95. The normalized spacial score (nSPS) is 10.1. The first kappa shape index (κ1) is 13.1. The van der Waals surface area contributed by atoms with E-state index >= 15 is 0 Å². The molecule has 0 amide bonds. The van der Waals surface area contributed by atoms with Crippen molar-refractivity contribution in [3.63, 3.8) is 0 Å². The van der Waals surface area contributed by atoms with E-state index in [-0.39, 0.29) is 0 Å². The molecule has 0 aliphatic rings. The number of benzene rings is 1. The molecule has 0 aliphatic heterocycles. The quantitative estimate of drug-likeness (QED) is 0.858. The molecule has 0 saturated heterocycles. The van der Waals surface area contributed by atoms with Gasteiger partial charge < -0.3 is 10.1 Å². The van der Waals surface area contributed by atoms with Gasteiger partial charge in [-0.2, -0.15) is 10.4 Å². The summed E-state index contributed by atoms with van der Waals surface area (Å²) in [5.41, 5.74) is 2.61. The second kappa shape index (κ2) is 6.57. The van der Waals surface area contributed by atoms with Gasteiger partial charge in [-0.15, -0.1) is 0 Å². The summed E-state index contributed by atoms with van der Waals surface area (Å²) in [4.78, 5) is 0. The van der Waals surface area contributed by atoms with Crippen LogP contribution in [0.1, 0.15) is 11.1 Å². The summed E-state index contributed by atoms with van der Waals surface area (Å²) in [5.74, 6) is 0. The molecule has 0 aliphatic carbocycles. The van der Waals surface area contributed by atoms with Gasteiger partial charge in [0.1, 0.15) is 0 Å². The minimum atomic E-state index is 0.611. The zero-order valence-electron chi connectivity index (χ0n) is 10.8. The number of nitrogens with zero attached hydrogens (tertiary/aromatic N) is 3. The molecule has 0 atom stereocenters. The van der Waals surface area contributed by atoms with Crippen LogP contribution in [0.15, 0.2) is 36.7 Å². The standard InChI is InChI=1S/C14H16N4O/c1-19-7-6-18-11-14(10-17-18)16-9-13-5-3-2-4-12(13)8-15/h2-5,10-11,16H,6-7,9H2,1H3. The Bertz CT molecular complexity index is 571. The molecule has 0 unspecified atom stereocenters. The third-order valence-electron chi connectivity index (χ3n) is 2.78. The summed E-state index contributed by atoms with van der Waals surface area (Å²) >= 11 is 0. The van der Waals surface area contributed by atoms with Crippen LogP contribution in [0, 0.1) is 11.3 Å². The fourth-order valence-corrected chi connectivity index (χ4v) is 1.74. The number of nitriles is 1. The van der Waals surface area contributed by atoms with Crippen LogP contribution in [0.4, 0.5) is 5.69 Å². The van der Waals surface area contributed by atoms with Crippen molar-refractivity contribution in [2.75, 3.05) is 19.0 Å². The smallest absolute Gasteiger partial charge is 0.0995 e. The first-order valence-electron chi connectivity index (χ1n) is 6.06. The Labute approximate surface area is 112 Å². The van der Waals surface area contributed by atoms with Crippen molar-refractivity contribution in [2.45, 2.75) is 13.1 Å². The zero-order chi connectivity index (χ0) is 13.5. The fourth-order valence-electron chi connectivity index (χ4n) is 1.74. The first-order chi connectivity index (χ1) is 9.33. The second-order valence-electron chi connectivity index (χ2n) is 4.11. The molecule has 5 nitrogen and oxygen atoms in total. The topological polar surface area (TPSA) is 62.9 Å². The molecule has 1 aromatic heterocycles. The average molecular weight is 256 g/mol. The Morgan fingerprint density at radius 1 is 1.42 bits per heavy atom. The largest absolute Gasteiger partial charge is 0.383 e. The van der Waals surface area contributed by atoms with Gasteiger partial charge in [-0.3, -0.25) is 4.68 Å². The van der Waals surface area contributed by atoms with Gasteiger partial charge in [-0.05, 0) is 11.6 Å². The van der Waals surface area contributed by atoms with Gasteiger partial charge in [0, 0.05) is 19.9 Å². The highest BCUT2D eigenvalue weighted by Crippen LogP contribution is 2.11. The molecule has 0 bridgehead atoms. The fraction of sp³-hybridized carbons (Fsp3) is 0.286. The zero-order valence-corrected chi connectivity index (χ0v) is 10.8. The van der Waals surface area contributed by atoms with Crippen LogP contribution >= 0.6 is 0 Å². The van der Waals surface area contributed by atoms with E-state index < -0.39 is 0 Å². The van der Waals surface area contributed by atoms with Gasteiger partial charge in [0.2, 0.25) is 0 Å². The lowest BCUT2D eigenvalue weighted by Gasteiger charge is -2.05. The van der Waals surface area contributed by atoms with Crippen LogP contribution in [0.2, 0.25) is 0 Å².